The molecule has 1 saturated heterocycles. The molecule has 2 aliphatic heterocycles. The number of nitrogens with one attached hydrogen (secondary N) is 1. The van der Waals surface area contributed by atoms with Crippen molar-refractivity contribution < 1.29 is 29.0 Å². The Morgan fingerprint density at radius 2 is 2.04 bits per heavy atom. The van der Waals surface area contributed by atoms with Crippen LogP contribution in [0.5, 0.6) is 5.75 Å². The van der Waals surface area contributed by atoms with Crippen molar-refractivity contribution in [2.24, 2.45) is 0 Å². The minimum absolute atomic E-state index is 0.125. The molecule has 3 aliphatic rings. The lowest BCUT2D eigenvalue weighted by atomic mass is 10.0. The molecular formula is C19H18N2O6S. The molecule has 146 valence electrons. The Hall–Kier alpha value is -2.78. The second-order valence-corrected chi connectivity index (χ2v) is 7.71. The normalized spacial score (nSPS) is 27.6. The molecule has 2 heterocycles. The van der Waals surface area contributed by atoms with E-state index in [1.165, 1.54) is 23.8 Å². The molecule has 4 atom stereocenters. The first-order valence-corrected chi connectivity index (χ1v) is 9.60. The van der Waals surface area contributed by atoms with Crippen LogP contribution in [-0.4, -0.2) is 64.3 Å². The van der Waals surface area contributed by atoms with Crippen LogP contribution in [0.4, 0.5) is 0 Å². The summed E-state index contributed by atoms with van der Waals surface area (Å²) >= 11 is 1.33. The van der Waals surface area contributed by atoms with Gasteiger partial charge in [-0.05, 0) is 17.7 Å². The third-order valence-electron chi connectivity index (χ3n) is 4.74. The van der Waals surface area contributed by atoms with Gasteiger partial charge >= 0.3 is 5.97 Å². The highest BCUT2D eigenvalue weighted by Gasteiger charge is 2.57. The number of para-hydroxylation sites is 1. The maximum absolute atomic E-state index is 12.6. The zero-order valence-corrected chi connectivity index (χ0v) is 15.7. The summed E-state index contributed by atoms with van der Waals surface area (Å²) in [6.07, 6.45) is 2.45. The molecule has 2 amide bonds. The molecule has 4 rings (SSSR count). The van der Waals surface area contributed by atoms with Crippen molar-refractivity contribution in [2.45, 2.75) is 22.8 Å². The van der Waals surface area contributed by atoms with Gasteiger partial charge in [0.05, 0.1) is 18.5 Å². The lowest BCUT2D eigenvalue weighted by Gasteiger charge is -2.51. The van der Waals surface area contributed by atoms with E-state index < -0.39 is 35.3 Å². The van der Waals surface area contributed by atoms with Gasteiger partial charge in [-0.1, -0.05) is 30.4 Å². The van der Waals surface area contributed by atoms with Crippen LogP contribution in [-0.2, 0) is 19.1 Å². The number of esters is 1. The fraction of sp³-hybridized carbons (Fsp3) is 0.316. The first-order chi connectivity index (χ1) is 13.5. The topological polar surface area (TPSA) is 105 Å². The molecule has 2 N–H and O–H groups in total. The zero-order chi connectivity index (χ0) is 19.8. The predicted molar refractivity (Wildman–Crippen MR) is 100 cm³/mol. The quantitative estimate of drug-likeness (QED) is 0.535. The number of carbonyl (C=O) groups is 3. The number of benzene rings is 1. The number of fused-ring (bicyclic) bond motifs is 2. The molecule has 9 heteroatoms. The average molecular weight is 402 g/mol. The summed E-state index contributed by atoms with van der Waals surface area (Å²) in [6, 6.07) is 8.07. The number of amides is 2. The van der Waals surface area contributed by atoms with Gasteiger partial charge in [-0.3, -0.25) is 14.5 Å². The second-order valence-electron chi connectivity index (χ2n) is 6.45. The Balaban J connectivity index is 1.46. The van der Waals surface area contributed by atoms with E-state index in [4.69, 9.17) is 9.47 Å². The van der Waals surface area contributed by atoms with Crippen molar-refractivity contribution in [2.75, 3.05) is 13.7 Å². The molecule has 0 bridgehead atoms. The molecule has 0 radical (unpaired) electrons. The summed E-state index contributed by atoms with van der Waals surface area (Å²) in [7, 11) is 1.24. The molecule has 1 aromatic rings. The van der Waals surface area contributed by atoms with E-state index in [2.05, 4.69) is 5.32 Å². The van der Waals surface area contributed by atoms with E-state index in [9.17, 15) is 19.5 Å². The molecule has 0 spiro atoms. The first-order valence-electron chi connectivity index (χ1n) is 8.65. The number of ether oxygens (including phenoxy) is 2. The number of thioether (sulfide) groups is 1. The smallest absolute Gasteiger partial charge is 0.355 e. The number of hydrogen-bond acceptors (Lipinski definition) is 7. The molecule has 1 aromatic carbocycles. The van der Waals surface area contributed by atoms with E-state index in [1.54, 1.807) is 36.4 Å². The lowest BCUT2D eigenvalue weighted by Crippen LogP contribution is -2.71. The van der Waals surface area contributed by atoms with Gasteiger partial charge in [-0.2, -0.15) is 0 Å². The number of aliphatic hydroxyl groups is 1. The van der Waals surface area contributed by atoms with Crippen molar-refractivity contribution >= 4 is 29.5 Å². The maximum atomic E-state index is 12.6. The van der Waals surface area contributed by atoms with Gasteiger partial charge in [0.1, 0.15) is 22.9 Å². The van der Waals surface area contributed by atoms with Crippen LogP contribution in [0.15, 0.2) is 53.8 Å². The van der Waals surface area contributed by atoms with Gasteiger partial charge in [0.2, 0.25) is 0 Å². The third-order valence-corrected chi connectivity index (χ3v) is 6.33. The van der Waals surface area contributed by atoms with Crippen LogP contribution in [0.3, 0.4) is 0 Å². The molecule has 0 aromatic heterocycles. The van der Waals surface area contributed by atoms with Crippen LogP contribution < -0.4 is 10.1 Å². The van der Waals surface area contributed by atoms with Gasteiger partial charge < -0.3 is 19.9 Å². The Bertz CT molecular complexity index is 884. The van der Waals surface area contributed by atoms with E-state index >= 15 is 0 Å². The number of nitrogens with zero attached hydrogens (tertiary/aromatic N) is 1. The maximum Gasteiger partial charge on any atom is 0.355 e. The Morgan fingerprint density at radius 3 is 2.75 bits per heavy atom. The molecule has 8 nitrogen and oxygen atoms in total. The fourth-order valence-corrected chi connectivity index (χ4v) is 4.97. The SMILES string of the molecule is COC(=O)C1=C2C=CC(O)[C@@H]2S[C@@H]2[C@H](NC(=O)COc3ccccc3)C(=O)N12. The summed E-state index contributed by atoms with van der Waals surface area (Å²) in [5.74, 6) is -0.935. The minimum atomic E-state index is -0.800. The van der Waals surface area contributed by atoms with Gasteiger partial charge in [-0.15, -0.1) is 11.8 Å². The first kappa shape index (κ1) is 18.6. The van der Waals surface area contributed by atoms with Gasteiger partial charge in [0.15, 0.2) is 6.61 Å². The van der Waals surface area contributed by atoms with Crippen LogP contribution >= 0.6 is 11.8 Å². The van der Waals surface area contributed by atoms with Crippen LogP contribution in [0.25, 0.3) is 0 Å². The van der Waals surface area contributed by atoms with Gasteiger partial charge in [0, 0.05) is 0 Å². The number of methoxy groups -OCH3 is 1. The predicted octanol–water partition coefficient (Wildman–Crippen LogP) is 0.192. The molecule has 1 unspecified atom stereocenters. The molecule has 0 saturated carbocycles. The summed E-state index contributed by atoms with van der Waals surface area (Å²) in [4.78, 5) is 38.4. The molecular weight excluding hydrogens is 384 g/mol. The van der Waals surface area contributed by atoms with Crippen LogP contribution in [0.1, 0.15) is 0 Å². The Morgan fingerprint density at radius 1 is 1.29 bits per heavy atom. The van der Waals surface area contributed by atoms with Crippen molar-refractivity contribution in [3.05, 3.63) is 53.8 Å². The number of aliphatic hydroxyl groups excluding tert-OH is 1. The number of β-lactam (4-membered cyclic amide) rings is 1. The monoisotopic (exact) mass is 402 g/mol. The van der Waals surface area contributed by atoms with Crippen molar-refractivity contribution in [3.8, 4) is 5.75 Å². The Kier molecular flexibility index (Phi) is 4.86. The molecule has 1 fully saturated rings. The highest BCUT2D eigenvalue weighted by atomic mass is 32.2. The third kappa shape index (κ3) is 3.06. The second kappa shape index (κ2) is 7.33. The fourth-order valence-electron chi connectivity index (χ4n) is 3.41. The minimum Gasteiger partial charge on any atom is -0.484 e. The van der Waals surface area contributed by atoms with Crippen LogP contribution in [0, 0.1) is 0 Å². The summed E-state index contributed by atoms with van der Waals surface area (Å²) < 4.78 is 10.2. The van der Waals surface area contributed by atoms with Gasteiger partial charge in [-0.25, -0.2) is 4.79 Å². The average Bonchev–Trinajstić information content (AvgIpc) is 3.09. The van der Waals surface area contributed by atoms with Crippen molar-refractivity contribution in [1.82, 2.24) is 10.2 Å². The highest BCUT2D eigenvalue weighted by molar-refractivity contribution is 8.01. The van der Waals surface area contributed by atoms with E-state index in [-0.39, 0.29) is 17.6 Å². The van der Waals surface area contributed by atoms with Crippen LogP contribution in [0.2, 0.25) is 0 Å². The summed E-state index contributed by atoms with van der Waals surface area (Å²) in [6.45, 7) is -0.232. The number of rotatable bonds is 5. The van der Waals surface area contributed by atoms with Gasteiger partial charge in [0.25, 0.3) is 11.8 Å². The lowest BCUT2D eigenvalue weighted by molar-refractivity contribution is -0.152. The highest BCUT2D eigenvalue weighted by Crippen LogP contribution is 2.47. The number of allylic oxidation sites excluding steroid dienone is 1. The van der Waals surface area contributed by atoms with E-state index in [0.29, 0.717) is 11.3 Å². The van der Waals surface area contributed by atoms with E-state index in [1.807, 2.05) is 6.07 Å². The standard InChI is InChI=1S/C19H18N2O6S/c1-26-19(25)15-11-7-8-12(22)16(11)28-18-14(17(24)21(15)18)20-13(23)9-27-10-5-3-2-4-6-10/h2-8,12,14,16,18,22H,9H2,1H3,(H,20,23)/t12?,14-,16-,18-/m1/s1. The number of carbonyl (C=O) groups excluding carboxylic acids is 3. The van der Waals surface area contributed by atoms with Crippen molar-refractivity contribution in [1.29, 1.82) is 0 Å². The van der Waals surface area contributed by atoms with Crippen molar-refractivity contribution in [3.63, 3.8) is 0 Å². The zero-order valence-electron chi connectivity index (χ0n) is 14.9. The summed E-state index contributed by atoms with van der Waals surface area (Å²) in [5, 5.41) is 11.9. The molecule has 28 heavy (non-hydrogen) atoms. The summed E-state index contributed by atoms with van der Waals surface area (Å²) in [5.41, 5.74) is 0.686. The molecule has 1 aliphatic carbocycles. The van der Waals surface area contributed by atoms with E-state index in [0.717, 1.165) is 0 Å². The largest absolute Gasteiger partial charge is 0.484 e. The number of hydrogen-bond donors (Lipinski definition) is 2. The Labute approximate surface area is 165 Å².